The average molecular weight is 461 g/mol. The van der Waals surface area contributed by atoms with E-state index in [4.69, 9.17) is 25.9 Å². The number of fused-ring (bicyclic) bond motifs is 1. The Labute approximate surface area is 197 Å². The van der Waals surface area contributed by atoms with Gasteiger partial charge in [0, 0.05) is 17.6 Å². The number of hydrogen-bond acceptors (Lipinski definition) is 8. The van der Waals surface area contributed by atoms with E-state index in [0.29, 0.717) is 30.5 Å². The van der Waals surface area contributed by atoms with E-state index in [2.05, 4.69) is 15.6 Å². The lowest BCUT2D eigenvalue weighted by atomic mass is 9.91. The van der Waals surface area contributed by atoms with Crippen molar-refractivity contribution in [2.45, 2.75) is 37.8 Å². The normalized spacial score (nSPS) is 19.3. The minimum atomic E-state index is -0.619. The summed E-state index contributed by atoms with van der Waals surface area (Å²) in [5.74, 6) is 1.36. The molecule has 9 nitrogen and oxygen atoms in total. The summed E-state index contributed by atoms with van der Waals surface area (Å²) >= 11 is 0. The van der Waals surface area contributed by atoms with Crippen molar-refractivity contribution in [3.8, 4) is 22.8 Å². The van der Waals surface area contributed by atoms with Crippen molar-refractivity contribution in [3.05, 3.63) is 54.4 Å². The topological polar surface area (TPSA) is 137 Å². The third-order valence-electron chi connectivity index (χ3n) is 6.14. The van der Waals surface area contributed by atoms with E-state index >= 15 is 0 Å². The number of carbonyl (C=O) groups is 1. The van der Waals surface area contributed by atoms with E-state index in [1.807, 2.05) is 42.5 Å². The molecule has 0 radical (unpaired) electrons. The fourth-order valence-electron chi connectivity index (χ4n) is 4.39. The zero-order valence-corrected chi connectivity index (χ0v) is 18.8. The first kappa shape index (κ1) is 22.0. The van der Waals surface area contributed by atoms with Crippen LogP contribution < -0.4 is 31.6 Å². The van der Waals surface area contributed by atoms with Gasteiger partial charge >= 0.3 is 0 Å². The first-order chi connectivity index (χ1) is 16.6. The number of amides is 1. The molecule has 0 spiro atoms. The van der Waals surface area contributed by atoms with Gasteiger partial charge in [-0.05, 0) is 49.2 Å². The number of aromatic nitrogens is 2. The Bertz CT molecular complexity index is 1200. The van der Waals surface area contributed by atoms with E-state index < -0.39 is 5.91 Å². The molecule has 2 aliphatic rings. The Morgan fingerprint density at radius 1 is 1.03 bits per heavy atom. The molecule has 0 bridgehead atoms. The molecule has 1 fully saturated rings. The number of anilines is 3. The number of benzene rings is 1. The molecule has 1 saturated carbocycles. The molecule has 0 unspecified atom stereocenters. The minimum absolute atomic E-state index is 0.0883. The maximum atomic E-state index is 12.0. The second-order valence-electron chi connectivity index (χ2n) is 8.58. The summed E-state index contributed by atoms with van der Waals surface area (Å²) in [6, 6.07) is 13.4. The van der Waals surface area contributed by atoms with Gasteiger partial charge in [0.2, 0.25) is 0 Å². The molecule has 2 aromatic heterocycles. The van der Waals surface area contributed by atoms with Crippen LogP contribution in [0.2, 0.25) is 0 Å². The number of primary amides is 1. The zero-order valence-electron chi connectivity index (χ0n) is 18.8. The van der Waals surface area contributed by atoms with Crippen LogP contribution in [0.1, 0.15) is 36.2 Å². The third kappa shape index (κ3) is 4.74. The van der Waals surface area contributed by atoms with Crippen LogP contribution in [0.3, 0.4) is 0 Å². The molecular formula is C25H28N6O3. The molecule has 2 atom stereocenters. The predicted molar refractivity (Wildman–Crippen MR) is 131 cm³/mol. The SMILES string of the molecule is NC(=O)c1ncc(N[C@@H]2CCCC[C@@H]2N)cc1Nc1cccc(-c2ccc3c(c2)OCCO3)n1. The van der Waals surface area contributed by atoms with Gasteiger partial charge in [0.05, 0.1) is 23.3 Å². The minimum Gasteiger partial charge on any atom is -0.486 e. The summed E-state index contributed by atoms with van der Waals surface area (Å²) in [5.41, 5.74) is 14.9. The van der Waals surface area contributed by atoms with Crippen molar-refractivity contribution >= 4 is 23.1 Å². The molecule has 9 heteroatoms. The molecule has 3 aromatic rings. The Hall–Kier alpha value is -3.85. The Morgan fingerprint density at radius 2 is 1.85 bits per heavy atom. The van der Waals surface area contributed by atoms with Crippen LogP contribution in [0, 0.1) is 0 Å². The number of nitrogens with zero attached hydrogens (tertiary/aromatic N) is 2. The lowest BCUT2D eigenvalue weighted by Crippen LogP contribution is -2.42. The predicted octanol–water partition coefficient (Wildman–Crippen LogP) is 3.44. The molecule has 5 rings (SSSR count). The van der Waals surface area contributed by atoms with E-state index in [-0.39, 0.29) is 17.8 Å². The van der Waals surface area contributed by atoms with Crippen LogP contribution in [0.5, 0.6) is 11.5 Å². The number of carbonyl (C=O) groups excluding carboxylic acids is 1. The fourth-order valence-corrected chi connectivity index (χ4v) is 4.39. The van der Waals surface area contributed by atoms with Gasteiger partial charge in [-0.15, -0.1) is 0 Å². The maximum absolute atomic E-state index is 12.0. The highest BCUT2D eigenvalue weighted by Crippen LogP contribution is 2.34. The molecule has 1 aromatic carbocycles. The number of rotatable bonds is 6. The molecule has 6 N–H and O–H groups in total. The molecule has 1 amide bonds. The van der Waals surface area contributed by atoms with Gasteiger partial charge in [0.25, 0.3) is 5.91 Å². The molecular weight excluding hydrogens is 432 g/mol. The first-order valence-electron chi connectivity index (χ1n) is 11.5. The van der Waals surface area contributed by atoms with Crippen LogP contribution in [-0.4, -0.2) is 41.2 Å². The van der Waals surface area contributed by atoms with Gasteiger partial charge in [-0.25, -0.2) is 9.97 Å². The number of nitrogens with one attached hydrogen (secondary N) is 2. The van der Waals surface area contributed by atoms with Crippen molar-refractivity contribution in [2.24, 2.45) is 11.5 Å². The van der Waals surface area contributed by atoms with E-state index in [0.717, 1.165) is 48.4 Å². The molecule has 34 heavy (non-hydrogen) atoms. The lowest BCUT2D eigenvalue weighted by Gasteiger charge is -2.30. The summed E-state index contributed by atoms with van der Waals surface area (Å²) < 4.78 is 11.3. The third-order valence-corrected chi connectivity index (χ3v) is 6.14. The standard InChI is InChI=1S/C25H28N6O3/c26-17-4-1-2-5-19(17)29-16-13-20(24(25(27)32)28-14-16)31-23-7-3-6-18(30-23)15-8-9-21-22(12-15)34-11-10-33-21/h3,6-9,12-14,17,19,29H,1-2,4-5,10-11,26H2,(H2,27,32)(H,30,31)/t17-,19+/m0/s1. The van der Waals surface area contributed by atoms with Crippen molar-refractivity contribution in [3.63, 3.8) is 0 Å². The van der Waals surface area contributed by atoms with Crippen LogP contribution in [-0.2, 0) is 0 Å². The Balaban J connectivity index is 1.40. The largest absolute Gasteiger partial charge is 0.486 e. The molecule has 0 saturated heterocycles. The van der Waals surface area contributed by atoms with Crippen LogP contribution in [0.15, 0.2) is 48.7 Å². The number of pyridine rings is 2. The Kier molecular flexibility index (Phi) is 6.18. The van der Waals surface area contributed by atoms with Gasteiger partial charge in [0.15, 0.2) is 17.2 Å². The first-order valence-corrected chi connectivity index (χ1v) is 11.5. The summed E-state index contributed by atoms with van der Waals surface area (Å²) in [7, 11) is 0. The maximum Gasteiger partial charge on any atom is 0.269 e. The zero-order chi connectivity index (χ0) is 23.5. The van der Waals surface area contributed by atoms with Gasteiger partial charge < -0.3 is 31.6 Å². The van der Waals surface area contributed by atoms with Crippen LogP contribution in [0.4, 0.5) is 17.2 Å². The van der Waals surface area contributed by atoms with Crippen molar-refractivity contribution in [1.29, 1.82) is 0 Å². The monoisotopic (exact) mass is 460 g/mol. The van der Waals surface area contributed by atoms with Gasteiger partial charge in [0.1, 0.15) is 19.0 Å². The quantitative estimate of drug-likeness (QED) is 0.439. The summed E-state index contributed by atoms with van der Waals surface area (Å²) in [5, 5.41) is 6.68. The highest BCUT2D eigenvalue weighted by atomic mass is 16.6. The Morgan fingerprint density at radius 3 is 2.68 bits per heavy atom. The number of ether oxygens (including phenoxy) is 2. The van der Waals surface area contributed by atoms with Crippen LogP contribution in [0.25, 0.3) is 11.3 Å². The molecule has 1 aliphatic carbocycles. The summed E-state index contributed by atoms with van der Waals surface area (Å²) in [4.78, 5) is 21.0. The van der Waals surface area contributed by atoms with Crippen molar-refractivity contribution in [1.82, 2.24) is 9.97 Å². The number of hydrogen-bond donors (Lipinski definition) is 4. The fraction of sp³-hybridized carbons (Fsp3) is 0.320. The van der Waals surface area contributed by atoms with Crippen molar-refractivity contribution < 1.29 is 14.3 Å². The second-order valence-corrected chi connectivity index (χ2v) is 8.58. The average Bonchev–Trinajstić information content (AvgIpc) is 2.85. The second kappa shape index (κ2) is 9.56. The lowest BCUT2D eigenvalue weighted by molar-refractivity contribution is 0.0996. The summed E-state index contributed by atoms with van der Waals surface area (Å²) in [6.45, 7) is 1.06. The highest BCUT2D eigenvalue weighted by molar-refractivity contribution is 5.97. The highest BCUT2D eigenvalue weighted by Gasteiger charge is 2.22. The number of nitrogens with two attached hydrogens (primary N) is 2. The molecule has 1 aliphatic heterocycles. The van der Waals surface area contributed by atoms with E-state index in [1.165, 1.54) is 0 Å². The van der Waals surface area contributed by atoms with Gasteiger partial charge in [-0.3, -0.25) is 4.79 Å². The summed E-state index contributed by atoms with van der Waals surface area (Å²) in [6.07, 6.45) is 5.90. The van der Waals surface area contributed by atoms with E-state index in [1.54, 1.807) is 6.20 Å². The van der Waals surface area contributed by atoms with Crippen LogP contribution >= 0.6 is 0 Å². The molecule has 3 heterocycles. The molecule has 176 valence electrons. The van der Waals surface area contributed by atoms with Gasteiger partial charge in [-0.2, -0.15) is 0 Å². The van der Waals surface area contributed by atoms with Gasteiger partial charge in [-0.1, -0.05) is 18.9 Å². The van der Waals surface area contributed by atoms with E-state index in [9.17, 15) is 4.79 Å². The smallest absolute Gasteiger partial charge is 0.269 e. The van der Waals surface area contributed by atoms with Crippen molar-refractivity contribution in [2.75, 3.05) is 23.8 Å².